The minimum Gasteiger partial charge on any atom is -0.393 e. The van der Waals surface area contributed by atoms with Gasteiger partial charge >= 0.3 is 0 Å². The van der Waals surface area contributed by atoms with Crippen LogP contribution in [0.1, 0.15) is 32.5 Å². The second kappa shape index (κ2) is 5.93. The van der Waals surface area contributed by atoms with Crippen LogP contribution in [0, 0.1) is 0 Å². The highest BCUT2D eigenvalue weighted by molar-refractivity contribution is 7.09. The lowest BCUT2D eigenvalue weighted by Gasteiger charge is -2.03. The standard InChI is InChI=1S/C9H17N3OS/c1-3-4-8-11-9(14-12-8)10-6-5-7(2)13/h7,13H,3-6H2,1-2H3,(H,10,11,12). The molecule has 1 atom stereocenters. The molecule has 1 aromatic heterocycles. The van der Waals surface area contributed by atoms with Crippen LogP contribution in [0.15, 0.2) is 0 Å². The summed E-state index contributed by atoms with van der Waals surface area (Å²) in [6.45, 7) is 4.64. The predicted octanol–water partition coefficient (Wildman–Crippen LogP) is 1.67. The Morgan fingerprint density at radius 1 is 1.57 bits per heavy atom. The third-order valence-electron chi connectivity index (χ3n) is 1.78. The second-order valence-corrected chi connectivity index (χ2v) is 4.08. The highest BCUT2D eigenvalue weighted by Crippen LogP contribution is 2.11. The molecule has 2 N–H and O–H groups in total. The first-order valence-corrected chi connectivity index (χ1v) is 5.74. The molecule has 0 spiro atoms. The highest BCUT2D eigenvalue weighted by atomic mass is 32.1. The largest absolute Gasteiger partial charge is 0.393 e. The molecule has 1 unspecified atom stereocenters. The molecule has 80 valence electrons. The lowest BCUT2D eigenvalue weighted by Crippen LogP contribution is -2.09. The molecule has 1 rings (SSSR count). The maximum Gasteiger partial charge on any atom is 0.202 e. The van der Waals surface area contributed by atoms with E-state index in [2.05, 4.69) is 21.6 Å². The van der Waals surface area contributed by atoms with Crippen LogP contribution in [0.4, 0.5) is 5.13 Å². The zero-order valence-corrected chi connectivity index (χ0v) is 9.47. The lowest BCUT2D eigenvalue weighted by molar-refractivity contribution is 0.189. The minimum atomic E-state index is -0.259. The average molecular weight is 215 g/mol. The number of hydrogen-bond donors (Lipinski definition) is 2. The van der Waals surface area contributed by atoms with E-state index in [1.807, 2.05) is 0 Å². The summed E-state index contributed by atoms with van der Waals surface area (Å²) in [5.41, 5.74) is 0. The van der Waals surface area contributed by atoms with Crippen molar-refractivity contribution >= 4 is 16.7 Å². The third kappa shape index (κ3) is 4.02. The van der Waals surface area contributed by atoms with Crippen molar-refractivity contribution in [3.63, 3.8) is 0 Å². The molecule has 1 aromatic rings. The number of aliphatic hydroxyl groups excluding tert-OH is 1. The van der Waals surface area contributed by atoms with Crippen molar-refractivity contribution in [1.29, 1.82) is 0 Å². The van der Waals surface area contributed by atoms with Crippen LogP contribution in [0.25, 0.3) is 0 Å². The van der Waals surface area contributed by atoms with Crippen LogP contribution in [0.3, 0.4) is 0 Å². The van der Waals surface area contributed by atoms with E-state index in [-0.39, 0.29) is 6.10 Å². The van der Waals surface area contributed by atoms with Crippen molar-refractivity contribution in [3.05, 3.63) is 5.82 Å². The molecule has 1 heterocycles. The van der Waals surface area contributed by atoms with E-state index in [4.69, 9.17) is 5.11 Å². The summed E-state index contributed by atoms with van der Waals surface area (Å²) in [6, 6.07) is 0. The van der Waals surface area contributed by atoms with Crippen LogP contribution in [-0.4, -0.2) is 27.1 Å². The van der Waals surface area contributed by atoms with Crippen LogP contribution < -0.4 is 5.32 Å². The van der Waals surface area contributed by atoms with Crippen LogP contribution >= 0.6 is 11.5 Å². The number of anilines is 1. The number of aromatic nitrogens is 2. The van der Waals surface area contributed by atoms with Crippen molar-refractivity contribution in [2.24, 2.45) is 0 Å². The van der Waals surface area contributed by atoms with Gasteiger partial charge < -0.3 is 10.4 Å². The molecule has 0 aliphatic rings. The van der Waals surface area contributed by atoms with Crippen molar-refractivity contribution in [1.82, 2.24) is 9.36 Å². The fourth-order valence-electron chi connectivity index (χ4n) is 1.04. The third-order valence-corrected chi connectivity index (χ3v) is 2.49. The van der Waals surface area contributed by atoms with Gasteiger partial charge in [-0.05, 0) is 19.8 Å². The Morgan fingerprint density at radius 3 is 3.00 bits per heavy atom. The summed E-state index contributed by atoms with van der Waals surface area (Å²) in [4.78, 5) is 4.31. The Kier molecular flexibility index (Phi) is 4.82. The zero-order chi connectivity index (χ0) is 10.4. The Balaban J connectivity index is 2.28. The molecule has 0 radical (unpaired) electrons. The molecule has 5 heteroatoms. The molecular weight excluding hydrogens is 198 g/mol. The van der Waals surface area contributed by atoms with Crippen LogP contribution in [0.2, 0.25) is 0 Å². The number of aliphatic hydroxyl groups is 1. The smallest absolute Gasteiger partial charge is 0.202 e. The number of nitrogens with one attached hydrogen (secondary N) is 1. The van der Waals surface area contributed by atoms with Gasteiger partial charge in [-0.25, -0.2) is 4.98 Å². The van der Waals surface area contributed by atoms with Crippen LogP contribution in [0.5, 0.6) is 0 Å². The summed E-state index contributed by atoms with van der Waals surface area (Å²) >= 11 is 1.39. The average Bonchev–Trinajstić information content (AvgIpc) is 2.53. The van der Waals surface area contributed by atoms with Gasteiger partial charge in [0.15, 0.2) is 0 Å². The number of nitrogens with zero attached hydrogens (tertiary/aromatic N) is 2. The summed E-state index contributed by atoms with van der Waals surface area (Å²) in [6.07, 6.45) is 2.49. The van der Waals surface area contributed by atoms with Crippen molar-refractivity contribution in [2.45, 2.75) is 39.2 Å². The first kappa shape index (κ1) is 11.4. The molecule has 4 nitrogen and oxygen atoms in total. The highest BCUT2D eigenvalue weighted by Gasteiger charge is 2.02. The molecule has 0 saturated carbocycles. The van der Waals surface area contributed by atoms with Crippen molar-refractivity contribution in [3.8, 4) is 0 Å². The number of aryl methyl sites for hydroxylation is 1. The maximum absolute atomic E-state index is 9.05. The van der Waals surface area contributed by atoms with Gasteiger partial charge in [-0.1, -0.05) is 6.92 Å². The molecule has 0 aliphatic carbocycles. The van der Waals surface area contributed by atoms with Gasteiger partial charge in [0.25, 0.3) is 0 Å². The van der Waals surface area contributed by atoms with Gasteiger partial charge in [0, 0.05) is 24.5 Å². The first-order valence-electron chi connectivity index (χ1n) is 4.97. The molecule has 0 fully saturated rings. The number of rotatable bonds is 6. The van der Waals surface area contributed by atoms with E-state index >= 15 is 0 Å². The predicted molar refractivity (Wildman–Crippen MR) is 58.7 cm³/mol. The Labute approximate surface area is 88.6 Å². The molecule has 0 amide bonds. The van der Waals surface area contributed by atoms with Crippen molar-refractivity contribution in [2.75, 3.05) is 11.9 Å². The SMILES string of the molecule is CCCc1nsc(NCCC(C)O)n1. The second-order valence-electron chi connectivity index (χ2n) is 3.33. The van der Waals surface area contributed by atoms with Gasteiger partial charge in [0.1, 0.15) is 5.82 Å². The summed E-state index contributed by atoms with van der Waals surface area (Å²) < 4.78 is 4.21. The monoisotopic (exact) mass is 215 g/mol. The minimum absolute atomic E-state index is 0.259. The Morgan fingerprint density at radius 2 is 2.36 bits per heavy atom. The molecule has 0 bridgehead atoms. The van der Waals surface area contributed by atoms with E-state index in [0.717, 1.165) is 36.8 Å². The van der Waals surface area contributed by atoms with E-state index in [9.17, 15) is 0 Å². The topological polar surface area (TPSA) is 58.0 Å². The molecule has 0 aromatic carbocycles. The van der Waals surface area contributed by atoms with Gasteiger partial charge in [-0.2, -0.15) is 4.37 Å². The van der Waals surface area contributed by atoms with Gasteiger partial charge in [-0.3, -0.25) is 0 Å². The maximum atomic E-state index is 9.05. The summed E-state index contributed by atoms with van der Waals surface area (Å²) in [7, 11) is 0. The van der Waals surface area contributed by atoms with Gasteiger partial charge in [-0.15, -0.1) is 0 Å². The summed E-state index contributed by atoms with van der Waals surface area (Å²) in [5, 5.41) is 13.0. The van der Waals surface area contributed by atoms with E-state index < -0.39 is 0 Å². The zero-order valence-electron chi connectivity index (χ0n) is 8.66. The molecular formula is C9H17N3OS. The summed E-state index contributed by atoms with van der Waals surface area (Å²) in [5.74, 6) is 0.914. The van der Waals surface area contributed by atoms with E-state index in [1.165, 1.54) is 11.5 Å². The Bertz CT molecular complexity index is 262. The van der Waals surface area contributed by atoms with Gasteiger partial charge in [0.2, 0.25) is 5.13 Å². The molecule has 0 saturated heterocycles. The fourth-order valence-corrected chi connectivity index (χ4v) is 1.68. The first-order chi connectivity index (χ1) is 6.72. The Hall–Kier alpha value is -0.680. The molecule has 14 heavy (non-hydrogen) atoms. The normalized spacial score (nSPS) is 12.8. The quantitative estimate of drug-likeness (QED) is 0.758. The van der Waals surface area contributed by atoms with Crippen molar-refractivity contribution < 1.29 is 5.11 Å². The fraction of sp³-hybridized carbons (Fsp3) is 0.778. The number of hydrogen-bond acceptors (Lipinski definition) is 5. The van der Waals surface area contributed by atoms with Crippen LogP contribution in [-0.2, 0) is 6.42 Å². The van der Waals surface area contributed by atoms with Gasteiger partial charge in [0.05, 0.1) is 6.10 Å². The molecule has 0 aliphatic heterocycles. The van der Waals surface area contributed by atoms with E-state index in [0.29, 0.717) is 0 Å². The van der Waals surface area contributed by atoms with E-state index in [1.54, 1.807) is 6.92 Å². The lowest BCUT2D eigenvalue weighted by atomic mass is 10.3.